The highest BCUT2D eigenvalue weighted by Crippen LogP contribution is 2.32. The molecule has 3 aromatic rings. The summed E-state index contributed by atoms with van der Waals surface area (Å²) >= 11 is 6.03. The molecule has 2 heterocycles. The topological polar surface area (TPSA) is 62.6 Å². The highest BCUT2D eigenvalue weighted by Gasteiger charge is 2.39. The number of hydrogen-bond donors (Lipinski definition) is 1. The van der Waals surface area contributed by atoms with Gasteiger partial charge in [-0.05, 0) is 48.4 Å². The molecular weight excluding hydrogens is 376 g/mol. The molecule has 140 valence electrons. The minimum atomic E-state index is -0.394. The van der Waals surface area contributed by atoms with Gasteiger partial charge in [0.1, 0.15) is 11.5 Å². The maximum atomic E-state index is 13.1. The summed E-state index contributed by atoms with van der Waals surface area (Å²) < 4.78 is 5.32. The molecule has 1 aliphatic rings. The van der Waals surface area contributed by atoms with Gasteiger partial charge in [-0.3, -0.25) is 14.5 Å². The van der Waals surface area contributed by atoms with E-state index in [-0.39, 0.29) is 18.1 Å². The zero-order chi connectivity index (χ0) is 19.7. The summed E-state index contributed by atoms with van der Waals surface area (Å²) in [5.41, 5.74) is 2.85. The number of rotatable bonds is 5. The van der Waals surface area contributed by atoms with E-state index in [9.17, 15) is 9.59 Å². The Labute approximate surface area is 167 Å². The third-order valence-corrected chi connectivity index (χ3v) is 4.81. The molecule has 2 aromatic carbocycles. The number of amides is 2. The van der Waals surface area contributed by atoms with Gasteiger partial charge in [-0.15, -0.1) is 0 Å². The van der Waals surface area contributed by atoms with Gasteiger partial charge in [-0.25, -0.2) is 0 Å². The number of hydrogen-bond acceptors (Lipinski definition) is 4. The fourth-order valence-corrected chi connectivity index (χ4v) is 3.40. The standard InChI is InChI=1S/C22H17ClN2O3/c1-14-12-16(23)9-10-18(14)24-20-19(15-6-3-2-4-7-15)21(26)25(22(20)27)13-17-8-5-11-28-17/h2-12,24H,13H2,1H3. The lowest BCUT2D eigenvalue weighted by Crippen LogP contribution is -2.31. The number of carbonyl (C=O) groups is 2. The van der Waals surface area contributed by atoms with Crippen molar-refractivity contribution in [3.05, 3.63) is 94.5 Å². The Morgan fingerprint density at radius 2 is 1.79 bits per heavy atom. The lowest BCUT2D eigenvalue weighted by atomic mass is 10.0. The molecule has 1 N–H and O–H groups in total. The number of aryl methyl sites for hydroxylation is 1. The van der Waals surface area contributed by atoms with Gasteiger partial charge in [0, 0.05) is 10.7 Å². The molecule has 0 saturated carbocycles. The quantitative estimate of drug-likeness (QED) is 0.643. The second kappa shape index (κ2) is 7.37. The Morgan fingerprint density at radius 3 is 2.46 bits per heavy atom. The van der Waals surface area contributed by atoms with E-state index in [1.807, 2.05) is 37.3 Å². The van der Waals surface area contributed by atoms with Gasteiger partial charge < -0.3 is 9.73 Å². The van der Waals surface area contributed by atoms with Crippen molar-refractivity contribution in [2.45, 2.75) is 13.5 Å². The zero-order valence-corrected chi connectivity index (χ0v) is 15.9. The van der Waals surface area contributed by atoms with E-state index < -0.39 is 5.91 Å². The van der Waals surface area contributed by atoms with E-state index in [0.29, 0.717) is 27.6 Å². The molecule has 1 aliphatic heterocycles. The molecule has 4 rings (SSSR count). The molecule has 0 aliphatic carbocycles. The first-order valence-corrected chi connectivity index (χ1v) is 9.14. The number of benzene rings is 2. The van der Waals surface area contributed by atoms with Crippen LogP contribution in [0.4, 0.5) is 5.69 Å². The van der Waals surface area contributed by atoms with Crippen LogP contribution >= 0.6 is 11.6 Å². The Bertz CT molecular complexity index is 1070. The number of anilines is 1. The van der Waals surface area contributed by atoms with E-state index in [1.54, 1.807) is 30.3 Å². The van der Waals surface area contributed by atoms with E-state index in [0.717, 1.165) is 5.56 Å². The van der Waals surface area contributed by atoms with E-state index >= 15 is 0 Å². The van der Waals surface area contributed by atoms with Crippen LogP contribution in [0.3, 0.4) is 0 Å². The van der Waals surface area contributed by atoms with Gasteiger partial charge in [0.25, 0.3) is 11.8 Å². The summed E-state index contributed by atoms with van der Waals surface area (Å²) in [6.07, 6.45) is 1.52. The molecule has 0 saturated heterocycles. The van der Waals surface area contributed by atoms with Crippen molar-refractivity contribution in [2.24, 2.45) is 0 Å². The third-order valence-electron chi connectivity index (χ3n) is 4.57. The van der Waals surface area contributed by atoms with Crippen molar-refractivity contribution in [2.75, 3.05) is 5.32 Å². The number of halogens is 1. The normalized spacial score (nSPS) is 14.1. The van der Waals surface area contributed by atoms with Crippen molar-refractivity contribution in [1.29, 1.82) is 0 Å². The lowest BCUT2D eigenvalue weighted by Gasteiger charge is -2.14. The van der Waals surface area contributed by atoms with Crippen LogP contribution < -0.4 is 5.32 Å². The molecule has 5 nitrogen and oxygen atoms in total. The number of imide groups is 1. The van der Waals surface area contributed by atoms with E-state index in [4.69, 9.17) is 16.0 Å². The van der Waals surface area contributed by atoms with Crippen LogP contribution in [0.25, 0.3) is 5.57 Å². The number of carbonyl (C=O) groups excluding carboxylic acids is 2. The van der Waals surface area contributed by atoms with Crippen LogP contribution in [0, 0.1) is 6.92 Å². The van der Waals surface area contributed by atoms with Crippen molar-refractivity contribution in [3.63, 3.8) is 0 Å². The Balaban J connectivity index is 1.76. The smallest absolute Gasteiger partial charge is 0.278 e. The van der Waals surface area contributed by atoms with Gasteiger partial charge in [-0.1, -0.05) is 41.9 Å². The molecule has 28 heavy (non-hydrogen) atoms. The van der Waals surface area contributed by atoms with Crippen molar-refractivity contribution < 1.29 is 14.0 Å². The summed E-state index contributed by atoms with van der Waals surface area (Å²) in [5, 5.41) is 3.76. The number of furan rings is 1. The minimum Gasteiger partial charge on any atom is -0.467 e. The fraction of sp³-hybridized carbons (Fsp3) is 0.0909. The summed E-state index contributed by atoms with van der Waals surface area (Å²) in [6.45, 7) is 1.96. The molecule has 0 fully saturated rings. The maximum Gasteiger partial charge on any atom is 0.278 e. The predicted molar refractivity (Wildman–Crippen MR) is 107 cm³/mol. The van der Waals surface area contributed by atoms with Crippen LogP contribution in [0.1, 0.15) is 16.9 Å². The first-order chi connectivity index (χ1) is 13.5. The number of nitrogens with zero attached hydrogens (tertiary/aromatic N) is 1. The van der Waals surface area contributed by atoms with E-state index in [2.05, 4.69) is 5.32 Å². The highest BCUT2D eigenvalue weighted by molar-refractivity contribution is 6.36. The minimum absolute atomic E-state index is 0.0752. The van der Waals surface area contributed by atoms with Crippen LogP contribution in [0.2, 0.25) is 5.02 Å². The van der Waals surface area contributed by atoms with Crippen LogP contribution in [-0.4, -0.2) is 16.7 Å². The molecule has 1 aromatic heterocycles. The van der Waals surface area contributed by atoms with Crippen LogP contribution in [-0.2, 0) is 16.1 Å². The summed E-state index contributed by atoms with van der Waals surface area (Å²) in [5.74, 6) is -0.214. The molecule has 0 bridgehead atoms. The molecule has 2 amide bonds. The second-order valence-electron chi connectivity index (χ2n) is 6.48. The average molecular weight is 393 g/mol. The summed E-state index contributed by atoms with van der Waals surface area (Å²) in [6, 6.07) is 17.9. The fourth-order valence-electron chi connectivity index (χ4n) is 3.17. The first-order valence-electron chi connectivity index (χ1n) is 8.76. The Hall–Kier alpha value is -3.31. The second-order valence-corrected chi connectivity index (χ2v) is 6.91. The molecule has 0 spiro atoms. The third kappa shape index (κ3) is 3.32. The Kier molecular flexibility index (Phi) is 4.75. The van der Waals surface area contributed by atoms with Crippen molar-refractivity contribution in [3.8, 4) is 0 Å². The molecule has 6 heteroatoms. The van der Waals surface area contributed by atoms with Crippen molar-refractivity contribution in [1.82, 2.24) is 4.90 Å². The van der Waals surface area contributed by atoms with Crippen LogP contribution in [0.5, 0.6) is 0 Å². The van der Waals surface area contributed by atoms with Gasteiger partial charge >= 0.3 is 0 Å². The van der Waals surface area contributed by atoms with Crippen LogP contribution in [0.15, 0.2) is 77.0 Å². The van der Waals surface area contributed by atoms with Gasteiger partial charge in [0.2, 0.25) is 0 Å². The summed E-state index contributed by atoms with van der Waals surface area (Å²) in [4.78, 5) is 27.4. The van der Waals surface area contributed by atoms with E-state index in [1.165, 1.54) is 11.2 Å². The predicted octanol–water partition coefficient (Wildman–Crippen LogP) is 4.63. The number of nitrogens with one attached hydrogen (secondary N) is 1. The zero-order valence-electron chi connectivity index (χ0n) is 15.1. The lowest BCUT2D eigenvalue weighted by molar-refractivity contribution is -0.137. The molecule has 0 radical (unpaired) electrons. The largest absolute Gasteiger partial charge is 0.467 e. The van der Waals surface area contributed by atoms with Gasteiger partial charge in [-0.2, -0.15) is 0 Å². The monoisotopic (exact) mass is 392 g/mol. The maximum absolute atomic E-state index is 13.1. The Morgan fingerprint density at radius 1 is 1.00 bits per heavy atom. The first kappa shape index (κ1) is 18.1. The SMILES string of the molecule is Cc1cc(Cl)ccc1NC1=C(c2ccccc2)C(=O)N(Cc2ccco2)C1=O. The van der Waals surface area contributed by atoms with Gasteiger partial charge in [0.15, 0.2) is 0 Å². The highest BCUT2D eigenvalue weighted by atomic mass is 35.5. The molecular formula is C22H17ClN2O3. The van der Waals surface area contributed by atoms with Crippen molar-refractivity contribution >= 4 is 34.7 Å². The van der Waals surface area contributed by atoms with Gasteiger partial charge in [0.05, 0.1) is 18.4 Å². The average Bonchev–Trinajstić information content (AvgIpc) is 3.28. The molecule has 0 atom stereocenters. The molecule has 0 unspecified atom stereocenters. The summed E-state index contributed by atoms with van der Waals surface area (Å²) in [7, 11) is 0.